The van der Waals surface area contributed by atoms with Gasteiger partial charge in [-0.3, -0.25) is 4.79 Å². The highest BCUT2D eigenvalue weighted by Gasteiger charge is 2.27. The number of nitrogens with one attached hydrogen (secondary N) is 1. The Bertz CT molecular complexity index is 707. The average Bonchev–Trinajstić information content (AvgIpc) is 2.91. The van der Waals surface area contributed by atoms with Gasteiger partial charge in [-0.05, 0) is 18.2 Å². The third-order valence-electron chi connectivity index (χ3n) is 2.50. The number of rotatable bonds is 5. The van der Waals surface area contributed by atoms with Gasteiger partial charge in [0.2, 0.25) is 0 Å². The Labute approximate surface area is 132 Å². The molecule has 5 nitrogen and oxygen atoms in total. The molecule has 1 aromatic carbocycles. The lowest BCUT2D eigenvalue weighted by Crippen LogP contribution is -2.36. The van der Waals surface area contributed by atoms with Crippen LogP contribution in [0.4, 0.5) is 13.2 Å². The van der Waals surface area contributed by atoms with Gasteiger partial charge < -0.3 is 10.1 Å². The van der Waals surface area contributed by atoms with Crippen molar-refractivity contribution >= 4 is 39.5 Å². The predicted molar refractivity (Wildman–Crippen MR) is 78.7 cm³/mol. The van der Waals surface area contributed by atoms with Crippen molar-refractivity contribution < 1.29 is 27.5 Å². The first kappa shape index (κ1) is 16.9. The molecule has 0 fully saturated rings. The highest BCUT2D eigenvalue weighted by molar-refractivity contribution is 7.19. The molecule has 2 aromatic rings. The summed E-state index contributed by atoms with van der Waals surface area (Å²) in [5, 5.41) is 2.17. The van der Waals surface area contributed by atoms with Crippen molar-refractivity contribution in [1.29, 1.82) is 0 Å². The summed E-state index contributed by atoms with van der Waals surface area (Å²) < 4.78 is 41.1. The van der Waals surface area contributed by atoms with Crippen molar-refractivity contribution in [2.45, 2.75) is 6.18 Å². The van der Waals surface area contributed by atoms with Crippen molar-refractivity contribution in [3.05, 3.63) is 35.3 Å². The van der Waals surface area contributed by atoms with E-state index in [4.69, 9.17) is 0 Å². The number of hydrogen-bond acceptors (Lipinski definition) is 5. The number of carbonyl (C=O) groups is 2. The number of nitrogens with zero attached hydrogens (tertiary/aromatic N) is 1. The van der Waals surface area contributed by atoms with E-state index < -0.39 is 31.2 Å². The number of para-hydroxylation sites is 1. The van der Waals surface area contributed by atoms with Crippen LogP contribution in [-0.2, 0) is 14.3 Å². The number of aromatic nitrogens is 1. The van der Waals surface area contributed by atoms with Gasteiger partial charge in [0.25, 0.3) is 5.91 Å². The van der Waals surface area contributed by atoms with E-state index in [9.17, 15) is 22.8 Å². The zero-order valence-corrected chi connectivity index (χ0v) is 12.4. The van der Waals surface area contributed by atoms with Crippen LogP contribution in [0.5, 0.6) is 0 Å². The van der Waals surface area contributed by atoms with Gasteiger partial charge in [-0.15, -0.1) is 11.3 Å². The first-order chi connectivity index (χ1) is 10.8. The Morgan fingerprint density at radius 1 is 1.30 bits per heavy atom. The van der Waals surface area contributed by atoms with Crippen molar-refractivity contribution in [2.24, 2.45) is 0 Å². The predicted octanol–water partition coefficient (Wildman–Crippen LogP) is 2.53. The van der Waals surface area contributed by atoms with Gasteiger partial charge in [-0.2, -0.15) is 13.2 Å². The number of hydrogen-bond donors (Lipinski definition) is 1. The maximum Gasteiger partial charge on any atom is 0.405 e. The monoisotopic (exact) mass is 344 g/mol. The van der Waals surface area contributed by atoms with Crippen LogP contribution in [0.3, 0.4) is 0 Å². The lowest BCUT2D eigenvalue weighted by atomic mass is 10.3. The van der Waals surface area contributed by atoms with Crippen LogP contribution < -0.4 is 5.32 Å². The van der Waals surface area contributed by atoms with Crippen molar-refractivity contribution in [3.63, 3.8) is 0 Å². The SMILES string of the molecule is O=C(COC(=O)/C=C/c1nc2ccccc2s1)NCC(F)(F)F. The molecule has 0 unspecified atom stereocenters. The summed E-state index contributed by atoms with van der Waals surface area (Å²) >= 11 is 1.36. The summed E-state index contributed by atoms with van der Waals surface area (Å²) in [5.74, 6) is -1.87. The molecule has 1 heterocycles. The molecule has 0 aliphatic rings. The molecule has 0 aliphatic carbocycles. The molecular weight excluding hydrogens is 333 g/mol. The van der Waals surface area contributed by atoms with E-state index in [1.54, 1.807) is 5.32 Å². The van der Waals surface area contributed by atoms with Gasteiger partial charge in [-0.1, -0.05) is 12.1 Å². The summed E-state index contributed by atoms with van der Waals surface area (Å²) in [6.07, 6.45) is -2.03. The Morgan fingerprint density at radius 2 is 2.04 bits per heavy atom. The van der Waals surface area contributed by atoms with E-state index in [-0.39, 0.29) is 0 Å². The highest BCUT2D eigenvalue weighted by atomic mass is 32.1. The molecule has 1 aromatic heterocycles. The maximum atomic E-state index is 11.9. The van der Waals surface area contributed by atoms with Gasteiger partial charge in [0.1, 0.15) is 11.6 Å². The second kappa shape index (κ2) is 7.23. The number of thiazole rings is 1. The average molecular weight is 344 g/mol. The van der Waals surface area contributed by atoms with Gasteiger partial charge in [-0.25, -0.2) is 9.78 Å². The topological polar surface area (TPSA) is 68.3 Å². The molecule has 1 N–H and O–H groups in total. The van der Waals surface area contributed by atoms with Crippen molar-refractivity contribution in [2.75, 3.05) is 13.2 Å². The van der Waals surface area contributed by atoms with Gasteiger partial charge in [0.15, 0.2) is 6.61 Å². The van der Waals surface area contributed by atoms with Gasteiger partial charge in [0, 0.05) is 6.08 Å². The molecule has 1 amide bonds. The van der Waals surface area contributed by atoms with E-state index >= 15 is 0 Å². The zero-order chi connectivity index (χ0) is 16.9. The number of esters is 1. The first-order valence-corrected chi connectivity index (χ1v) is 7.19. The summed E-state index contributed by atoms with van der Waals surface area (Å²) in [7, 11) is 0. The van der Waals surface area contributed by atoms with Crippen molar-refractivity contribution in [1.82, 2.24) is 10.3 Å². The molecule has 122 valence electrons. The fourth-order valence-corrected chi connectivity index (χ4v) is 2.41. The molecule has 0 aliphatic heterocycles. The Hall–Kier alpha value is -2.42. The molecule has 9 heteroatoms. The lowest BCUT2D eigenvalue weighted by molar-refractivity contribution is -0.148. The first-order valence-electron chi connectivity index (χ1n) is 6.37. The van der Waals surface area contributed by atoms with Crippen LogP contribution in [-0.4, -0.2) is 36.2 Å². The minimum absolute atomic E-state index is 0.574. The molecular formula is C14H11F3N2O3S. The summed E-state index contributed by atoms with van der Waals surface area (Å²) in [6, 6.07) is 7.41. The third kappa shape index (κ3) is 5.70. The molecule has 2 rings (SSSR count). The standard InChI is InChI=1S/C14H11F3N2O3S/c15-14(16,17)8-18-11(20)7-22-13(21)6-5-12-19-9-3-1-2-4-10(9)23-12/h1-6H,7-8H2,(H,18,20)/b6-5+. The van der Waals surface area contributed by atoms with Crippen LogP contribution in [0.15, 0.2) is 30.3 Å². The number of benzene rings is 1. The molecule has 0 spiro atoms. The molecule has 0 bridgehead atoms. The smallest absolute Gasteiger partial charge is 0.405 e. The van der Waals surface area contributed by atoms with Crippen molar-refractivity contribution in [3.8, 4) is 0 Å². The fourth-order valence-electron chi connectivity index (χ4n) is 1.54. The van der Waals surface area contributed by atoms with E-state index in [2.05, 4.69) is 9.72 Å². The second-order valence-corrected chi connectivity index (χ2v) is 5.42. The Morgan fingerprint density at radius 3 is 2.74 bits per heavy atom. The maximum absolute atomic E-state index is 11.9. The van der Waals surface area contributed by atoms with Gasteiger partial charge in [0.05, 0.1) is 10.2 Å². The number of alkyl halides is 3. The summed E-state index contributed by atoms with van der Waals surface area (Å²) in [6.45, 7) is -2.25. The summed E-state index contributed by atoms with van der Waals surface area (Å²) in [4.78, 5) is 26.7. The minimum Gasteiger partial charge on any atom is -0.452 e. The van der Waals surface area contributed by atoms with Crippen LogP contribution >= 0.6 is 11.3 Å². The highest BCUT2D eigenvalue weighted by Crippen LogP contribution is 2.22. The fraction of sp³-hybridized carbons (Fsp3) is 0.214. The van der Waals surface area contributed by atoms with E-state index in [0.29, 0.717) is 5.01 Å². The second-order valence-electron chi connectivity index (χ2n) is 4.35. The number of carbonyl (C=O) groups excluding carboxylic acids is 2. The largest absolute Gasteiger partial charge is 0.452 e. The lowest BCUT2D eigenvalue weighted by Gasteiger charge is -2.07. The molecule has 0 saturated heterocycles. The van der Waals surface area contributed by atoms with E-state index in [1.165, 1.54) is 17.4 Å². The van der Waals surface area contributed by atoms with Crippen LogP contribution in [0.25, 0.3) is 16.3 Å². The Balaban J connectivity index is 1.81. The normalized spacial score (nSPS) is 11.8. The third-order valence-corrected chi connectivity index (χ3v) is 3.51. The molecule has 0 saturated carbocycles. The number of fused-ring (bicyclic) bond motifs is 1. The van der Waals surface area contributed by atoms with Gasteiger partial charge >= 0.3 is 12.1 Å². The minimum atomic E-state index is -4.51. The Kier molecular flexibility index (Phi) is 5.32. The zero-order valence-electron chi connectivity index (χ0n) is 11.6. The number of ether oxygens (including phenoxy) is 1. The van der Waals surface area contributed by atoms with Crippen LogP contribution in [0, 0.1) is 0 Å². The molecule has 23 heavy (non-hydrogen) atoms. The summed E-state index contributed by atoms with van der Waals surface area (Å²) in [5.41, 5.74) is 0.789. The number of halogens is 3. The van der Waals surface area contributed by atoms with Crippen LogP contribution in [0.1, 0.15) is 5.01 Å². The van der Waals surface area contributed by atoms with Crippen LogP contribution in [0.2, 0.25) is 0 Å². The quantitative estimate of drug-likeness (QED) is 0.669. The molecule has 0 radical (unpaired) electrons. The number of amides is 1. The van der Waals surface area contributed by atoms with E-state index in [1.807, 2.05) is 24.3 Å². The van der Waals surface area contributed by atoms with E-state index in [0.717, 1.165) is 16.3 Å². The molecule has 0 atom stereocenters.